The fourth-order valence-corrected chi connectivity index (χ4v) is 1.83. The highest BCUT2D eigenvalue weighted by molar-refractivity contribution is 5.32. The second kappa shape index (κ2) is 4.80. The lowest BCUT2D eigenvalue weighted by Crippen LogP contribution is -2.45. The quantitative estimate of drug-likeness (QED) is 0.823. The number of rotatable bonds is 4. The molecule has 0 saturated carbocycles. The highest BCUT2D eigenvalue weighted by atomic mass is 19.1. The first-order chi connectivity index (χ1) is 7.40. The molecule has 0 aliphatic heterocycles. The predicted molar refractivity (Wildman–Crippen MR) is 63.0 cm³/mol. The second-order valence-electron chi connectivity index (χ2n) is 4.44. The van der Waals surface area contributed by atoms with Gasteiger partial charge >= 0.3 is 0 Å². The van der Waals surface area contributed by atoms with Gasteiger partial charge in [-0.25, -0.2) is 4.39 Å². The number of ether oxygens (including phenoxy) is 1. The first kappa shape index (κ1) is 12.9. The highest BCUT2D eigenvalue weighted by Gasteiger charge is 2.25. The summed E-state index contributed by atoms with van der Waals surface area (Å²) in [4.78, 5) is 0. The minimum Gasteiger partial charge on any atom is -0.494 e. The van der Waals surface area contributed by atoms with Gasteiger partial charge in [-0.15, -0.1) is 0 Å². The Morgan fingerprint density at radius 3 is 2.44 bits per heavy atom. The molecule has 0 heterocycles. The molecule has 0 aliphatic rings. The van der Waals surface area contributed by atoms with Crippen LogP contribution in [-0.4, -0.2) is 19.7 Å². The van der Waals surface area contributed by atoms with Crippen LogP contribution < -0.4 is 15.8 Å². The number of methoxy groups -OCH3 is 1. The number of nitrogens with one attached hydrogen (secondary N) is 1. The molecule has 16 heavy (non-hydrogen) atoms. The fourth-order valence-electron chi connectivity index (χ4n) is 1.83. The van der Waals surface area contributed by atoms with E-state index in [0.29, 0.717) is 0 Å². The minimum absolute atomic E-state index is 0.104. The van der Waals surface area contributed by atoms with Crippen LogP contribution in [0.15, 0.2) is 18.2 Å². The molecule has 3 nitrogen and oxygen atoms in total. The SMILES string of the molecule is CNC(c1ccc(OC)c(F)c1)C(C)(C)N. The van der Waals surface area contributed by atoms with Crippen molar-refractivity contribution in [2.45, 2.75) is 25.4 Å². The predicted octanol–water partition coefficient (Wildman–Crippen LogP) is 1.83. The third-order valence-corrected chi connectivity index (χ3v) is 2.54. The van der Waals surface area contributed by atoms with Crippen LogP contribution >= 0.6 is 0 Å². The van der Waals surface area contributed by atoms with Gasteiger partial charge in [-0.2, -0.15) is 0 Å². The molecule has 3 N–H and O–H groups in total. The molecule has 1 unspecified atom stereocenters. The van der Waals surface area contributed by atoms with Crippen LogP contribution in [-0.2, 0) is 0 Å². The number of nitrogens with two attached hydrogens (primary N) is 1. The van der Waals surface area contributed by atoms with E-state index in [4.69, 9.17) is 10.5 Å². The average Bonchev–Trinajstić information content (AvgIpc) is 2.17. The summed E-state index contributed by atoms with van der Waals surface area (Å²) in [6.45, 7) is 3.80. The van der Waals surface area contributed by atoms with Crippen molar-refractivity contribution in [2.24, 2.45) is 5.73 Å². The van der Waals surface area contributed by atoms with Gasteiger partial charge in [0.15, 0.2) is 11.6 Å². The molecule has 1 aromatic carbocycles. The van der Waals surface area contributed by atoms with E-state index in [9.17, 15) is 4.39 Å². The molecule has 1 aromatic rings. The van der Waals surface area contributed by atoms with Crippen molar-refractivity contribution < 1.29 is 9.13 Å². The Bertz CT molecular complexity index is 361. The van der Waals surface area contributed by atoms with Crippen LogP contribution in [0.4, 0.5) is 4.39 Å². The maximum atomic E-state index is 13.5. The van der Waals surface area contributed by atoms with Crippen LogP contribution in [0.3, 0.4) is 0 Å². The molecular weight excluding hydrogens is 207 g/mol. The van der Waals surface area contributed by atoms with E-state index < -0.39 is 5.54 Å². The molecule has 0 saturated heterocycles. The summed E-state index contributed by atoms with van der Waals surface area (Å²) in [7, 11) is 3.25. The summed E-state index contributed by atoms with van der Waals surface area (Å²) in [6.07, 6.45) is 0. The Morgan fingerprint density at radius 1 is 1.44 bits per heavy atom. The Balaban J connectivity index is 3.08. The Labute approximate surface area is 95.8 Å². The first-order valence-electron chi connectivity index (χ1n) is 5.19. The molecule has 1 atom stereocenters. The van der Waals surface area contributed by atoms with E-state index in [0.717, 1.165) is 5.56 Å². The largest absolute Gasteiger partial charge is 0.494 e. The summed E-state index contributed by atoms with van der Waals surface area (Å²) < 4.78 is 18.4. The summed E-state index contributed by atoms with van der Waals surface area (Å²) in [5, 5.41) is 3.09. The second-order valence-corrected chi connectivity index (χ2v) is 4.44. The van der Waals surface area contributed by atoms with Gasteiger partial charge in [0.05, 0.1) is 7.11 Å². The molecule has 90 valence electrons. The highest BCUT2D eigenvalue weighted by Crippen LogP contribution is 2.26. The Hall–Kier alpha value is -1.13. The van der Waals surface area contributed by atoms with Gasteiger partial charge in [-0.05, 0) is 38.6 Å². The van der Waals surface area contributed by atoms with E-state index in [1.165, 1.54) is 13.2 Å². The number of halogens is 1. The van der Waals surface area contributed by atoms with Gasteiger partial charge < -0.3 is 15.8 Å². The summed E-state index contributed by atoms with van der Waals surface area (Å²) >= 11 is 0. The van der Waals surface area contributed by atoms with Crippen LogP contribution in [0.1, 0.15) is 25.5 Å². The Morgan fingerprint density at radius 2 is 2.06 bits per heavy atom. The molecule has 0 aliphatic carbocycles. The molecule has 0 fully saturated rings. The van der Waals surface area contributed by atoms with Crippen molar-refractivity contribution in [3.8, 4) is 5.75 Å². The number of hydrogen-bond acceptors (Lipinski definition) is 3. The van der Waals surface area contributed by atoms with Crippen molar-refractivity contribution in [1.29, 1.82) is 0 Å². The van der Waals surface area contributed by atoms with E-state index in [1.54, 1.807) is 13.1 Å². The molecule has 0 spiro atoms. The van der Waals surface area contributed by atoms with E-state index in [2.05, 4.69) is 5.32 Å². The number of benzene rings is 1. The van der Waals surface area contributed by atoms with Gasteiger partial charge in [0.1, 0.15) is 0 Å². The van der Waals surface area contributed by atoms with Crippen LogP contribution in [0.2, 0.25) is 0 Å². The number of hydrogen-bond donors (Lipinski definition) is 2. The average molecular weight is 226 g/mol. The maximum absolute atomic E-state index is 13.5. The van der Waals surface area contributed by atoms with Gasteiger partial charge in [-0.1, -0.05) is 6.07 Å². The third-order valence-electron chi connectivity index (χ3n) is 2.54. The molecule has 0 amide bonds. The van der Waals surface area contributed by atoms with Crippen LogP contribution in [0.25, 0.3) is 0 Å². The van der Waals surface area contributed by atoms with E-state index in [-0.39, 0.29) is 17.6 Å². The monoisotopic (exact) mass is 226 g/mol. The molecule has 4 heteroatoms. The zero-order chi connectivity index (χ0) is 12.3. The topological polar surface area (TPSA) is 47.3 Å². The molecule has 0 radical (unpaired) electrons. The lowest BCUT2D eigenvalue weighted by atomic mass is 9.89. The van der Waals surface area contributed by atoms with Crippen molar-refractivity contribution in [1.82, 2.24) is 5.32 Å². The minimum atomic E-state index is -0.463. The van der Waals surface area contributed by atoms with Gasteiger partial charge in [-0.3, -0.25) is 0 Å². The van der Waals surface area contributed by atoms with Crippen molar-refractivity contribution in [3.63, 3.8) is 0 Å². The van der Waals surface area contributed by atoms with Crippen LogP contribution in [0.5, 0.6) is 5.75 Å². The number of likely N-dealkylation sites (N-methyl/N-ethyl adjacent to an activating group) is 1. The standard InChI is InChI=1S/C12H19FN2O/c1-12(2,14)11(15-3)8-5-6-10(16-4)9(13)7-8/h5-7,11,15H,14H2,1-4H3. The van der Waals surface area contributed by atoms with Gasteiger partial charge in [0, 0.05) is 11.6 Å². The van der Waals surface area contributed by atoms with Crippen molar-refractivity contribution in [2.75, 3.05) is 14.2 Å². The summed E-state index contributed by atoms with van der Waals surface area (Å²) in [5.74, 6) is -0.127. The zero-order valence-electron chi connectivity index (χ0n) is 10.2. The fraction of sp³-hybridized carbons (Fsp3) is 0.500. The smallest absolute Gasteiger partial charge is 0.165 e. The normalized spacial score (nSPS) is 13.6. The maximum Gasteiger partial charge on any atom is 0.165 e. The summed E-state index contributed by atoms with van der Waals surface area (Å²) in [5.41, 5.74) is 6.38. The lowest BCUT2D eigenvalue weighted by Gasteiger charge is -2.30. The van der Waals surface area contributed by atoms with Gasteiger partial charge in [0.2, 0.25) is 0 Å². The summed E-state index contributed by atoms with van der Waals surface area (Å²) in [6, 6.07) is 4.78. The lowest BCUT2D eigenvalue weighted by molar-refractivity contribution is 0.363. The van der Waals surface area contributed by atoms with E-state index in [1.807, 2.05) is 19.9 Å². The Kier molecular flexibility index (Phi) is 3.88. The third kappa shape index (κ3) is 2.71. The molecule has 1 rings (SSSR count). The molecule has 0 aromatic heterocycles. The van der Waals surface area contributed by atoms with Crippen LogP contribution in [0, 0.1) is 5.82 Å². The van der Waals surface area contributed by atoms with Crippen molar-refractivity contribution in [3.05, 3.63) is 29.6 Å². The molecular formula is C12H19FN2O. The van der Waals surface area contributed by atoms with E-state index >= 15 is 0 Å². The van der Waals surface area contributed by atoms with Crippen molar-refractivity contribution >= 4 is 0 Å². The zero-order valence-corrected chi connectivity index (χ0v) is 10.2. The van der Waals surface area contributed by atoms with Gasteiger partial charge in [0.25, 0.3) is 0 Å². The first-order valence-corrected chi connectivity index (χ1v) is 5.19. The molecule has 0 bridgehead atoms.